The lowest BCUT2D eigenvalue weighted by Crippen LogP contribution is -2.04. The minimum Gasteiger partial charge on any atom is -0.478 e. The standard InChI is InChI=1S/C13H7BrF3NO3/c14-5-1-8(16)12(17)11(2-5)21-10-3-6(13(19)20)9(18)4-7(10)15/h1-4H,18H2,(H,19,20). The van der Waals surface area contributed by atoms with Crippen LogP contribution in [0.4, 0.5) is 18.9 Å². The molecule has 0 bridgehead atoms. The van der Waals surface area contributed by atoms with E-state index in [0.29, 0.717) is 0 Å². The second kappa shape index (κ2) is 5.65. The largest absolute Gasteiger partial charge is 0.478 e. The third-order valence-electron chi connectivity index (χ3n) is 2.51. The lowest BCUT2D eigenvalue weighted by Gasteiger charge is -2.10. The average Bonchev–Trinajstić information content (AvgIpc) is 2.37. The van der Waals surface area contributed by atoms with Gasteiger partial charge in [-0.2, -0.15) is 4.39 Å². The number of hydrogen-bond donors (Lipinski definition) is 2. The van der Waals surface area contributed by atoms with Crippen LogP contribution in [0.2, 0.25) is 0 Å². The van der Waals surface area contributed by atoms with Crippen LogP contribution >= 0.6 is 15.9 Å². The molecule has 21 heavy (non-hydrogen) atoms. The maximum Gasteiger partial charge on any atom is 0.337 e. The third kappa shape index (κ3) is 3.10. The lowest BCUT2D eigenvalue weighted by molar-refractivity contribution is 0.0697. The van der Waals surface area contributed by atoms with Gasteiger partial charge in [0.1, 0.15) is 0 Å². The molecule has 0 saturated carbocycles. The molecule has 0 heterocycles. The smallest absolute Gasteiger partial charge is 0.337 e. The van der Waals surface area contributed by atoms with Crippen LogP contribution in [0.25, 0.3) is 0 Å². The van der Waals surface area contributed by atoms with Crippen LogP contribution in [0, 0.1) is 17.5 Å². The van der Waals surface area contributed by atoms with E-state index in [1.807, 2.05) is 0 Å². The number of carbonyl (C=O) groups is 1. The van der Waals surface area contributed by atoms with Gasteiger partial charge in [-0.25, -0.2) is 13.6 Å². The van der Waals surface area contributed by atoms with Crippen molar-refractivity contribution in [1.29, 1.82) is 0 Å². The van der Waals surface area contributed by atoms with Gasteiger partial charge in [0, 0.05) is 22.3 Å². The van der Waals surface area contributed by atoms with Crippen molar-refractivity contribution in [3.63, 3.8) is 0 Å². The summed E-state index contributed by atoms with van der Waals surface area (Å²) in [5.74, 6) is -6.12. The molecule has 0 atom stereocenters. The van der Waals surface area contributed by atoms with Gasteiger partial charge in [-0.1, -0.05) is 15.9 Å². The molecule has 2 rings (SSSR count). The first kappa shape index (κ1) is 15.2. The van der Waals surface area contributed by atoms with E-state index in [0.717, 1.165) is 24.3 Å². The molecule has 0 aliphatic rings. The van der Waals surface area contributed by atoms with Crippen molar-refractivity contribution in [2.24, 2.45) is 0 Å². The van der Waals surface area contributed by atoms with Gasteiger partial charge in [-0.3, -0.25) is 0 Å². The zero-order valence-corrected chi connectivity index (χ0v) is 11.7. The molecule has 0 aliphatic heterocycles. The number of halogens is 4. The monoisotopic (exact) mass is 361 g/mol. The zero-order chi connectivity index (χ0) is 15.7. The van der Waals surface area contributed by atoms with Crippen LogP contribution in [0.15, 0.2) is 28.7 Å². The summed E-state index contributed by atoms with van der Waals surface area (Å²) in [4.78, 5) is 10.9. The first-order valence-corrected chi connectivity index (χ1v) is 6.23. The summed E-state index contributed by atoms with van der Waals surface area (Å²) in [6.45, 7) is 0. The normalized spacial score (nSPS) is 10.5. The van der Waals surface area contributed by atoms with Crippen molar-refractivity contribution in [2.75, 3.05) is 5.73 Å². The molecule has 0 aromatic heterocycles. The SMILES string of the molecule is Nc1cc(F)c(Oc2cc(Br)cc(F)c2F)cc1C(=O)O. The number of carboxylic acids is 1. The van der Waals surface area contributed by atoms with E-state index < -0.39 is 40.5 Å². The number of rotatable bonds is 3. The molecule has 2 aromatic rings. The van der Waals surface area contributed by atoms with E-state index in [1.54, 1.807) is 0 Å². The van der Waals surface area contributed by atoms with Gasteiger partial charge in [0.05, 0.1) is 5.56 Å². The van der Waals surface area contributed by atoms with Crippen LogP contribution in [0.1, 0.15) is 10.4 Å². The number of anilines is 1. The Morgan fingerprint density at radius 2 is 1.76 bits per heavy atom. The molecule has 0 unspecified atom stereocenters. The first-order valence-electron chi connectivity index (χ1n) is 5.44. The molecule has 0 spiro atoms. The van der Waals surface area contributed by atoms with E-state index in [1.165, 1.54) is 0 Å². The molecule has 8 heteroatoms. The molecular formula is C13H7BrF3NO3. The Morgan fingerprint density at radius 3 is 2.38 bits per heavy atom. The number of hydrogen-bond acceptors (Lipinski definition) is 3. The molecule has 0 aliphatic carbocycles. The summed E-state index contributed by atoms with van der Waals surface area (Å²) in [6, 6.07) is 3.47. The molecule has 0 radical (unpaired) electrons. The van der Waals surface area contributed by atoms with E-state index in [-0.39, 0.29) is 10.2 Å². The van der Waals surface area contributed by atoms with Crippen LogP contribution in [-0.4, -0.2) is 11.1 Å². The van der Waals surface area contributed by atoms with Gasteiger partial charge < -0.3 is 15.6 Å². The van der Waals surface area contributed by atoms with E-state index >= 15 is 0 Å². The van der Waals surface area contributed by atoms with Gasteiger partial charge >= 0.3 is 5.97 Å². The molecule has 0 saturated heterocycles. The van der Waals surface area contributed by atoms with Crippen molar-refractivity contribution < 1.29 is 27.8 Å². The molecule has 0 fully saturated rings. The minimum atomic E-state index is -1.40. The number of benzene rings is 2. The highest BCUT2D eigenvalue weighted by atomic mass is 79.9. The Labute approximate surface area is 125 Å². The van der Waals surface area contributed by atoms with Gasteiger partial charge in [-0.05, 0) is 12.1 Å². The highest BCUT2D eigenvalue weighted by Gasteiger charge is 2.18. The van der Waals surface area contributed by atoms with Crippen LogP contribution < -0.4 is 10.5 Å². The Morgan fingerprint density at radius 1 is 1.10 bits per heavy atom. The summed E-state index contributed by atoms with van der Waals surface area (Å²) in [5, 5.41) is 8.89. The molecule has 2 aromatic carbocycles. The Balaban J connectivity index is 2.49. The average molecular weight is 362 g/mol. The number of nitrogens with two attached hydrogens (primary N) is 1. The van der Waals surface area contributed by atoms with Crippen molar-refractivity contribution in [3.05, 3.63) is 51.8 Å². The van der Waals surface area contributed by atoms with Crippen LogP contribution in [-0.2, 0) is 0 Å². The lowest BCUT2D eigenvalue weighted by atomic mass is 10.1. The molecule has 0 amide bonds. The zero-order valence-electron chi connectivity index (χ0n) is 10.2. The molecular weight excluding hydrogens is 355 g/mol. The summed E-state index contributed by atoms with van der Waals surface area (Å²) in [5.41, 5.74) is 4.62. The Kier molecular flexibility index (Phi) is 4.08. The predicted molar refractivity (Wildman–Crippen MR) is 71.9 cm³/mol. The summed E-state index contributed by atoms with van der Waals surface area (Å²) in [7, 11) is 0. The van der Waals surface area contributed by atoms with Crippen molar-refractivity contribution in [2.45, 2.75) is 0 Å². The quantitative estimate of drug-likeness (QED) is 0.641. The molecule has 110 valence electrons. The van der Waals surface area contributed by atoms with E-state index in [9.17, 15) is 18.0 Å². The number of ether oxygens (including phenoxy) is 1. The minimum absolute atomic E-state index is 0.172. The van der Waals surface area contributed by atoms with Gasteiger partial charge in [0.15, 0.2) is 23.1 Å². The second-order valence-electron chi connectivity index (χ2n) is 3.98. The van der Waals surface area contributed by atoms with E-state index in [4.69, 9.17) is 15.6 Å². The van der Waals surface area contributed by atoms with Crippen LogP contribution in [0.3, 0.4) is 0 Å². The van der Waals surface area contributed by atoms with Gasteiger partial charge in [-0.15, -0.1) is 0 Å². The molecule has 4 nitrogen and oxygen atoms in total. The first-order chi connectivity index (χ1) is 9.79. The highest BCUT2D eigenvalue weighted by molar-refractivity contribution is 9.10. The van der Waals surface area contributed by atoms with Crippen LogP contribution in [0.5, 0.6) is 11.5 Å². The summed E-state index contributed by atoms with van der Waals surface area (Å²) in [6.07, 6.45) is 0. The van der Waals surface area contributed by atoms with E-state index in [2.05, 4.69) is 15.9 Å². The highest BCUT2D eigenvalue weighted by Crippen LogP contribution is 2.32. The van der Waals surface area contributed by atoms with Gasteiger partial charge in [0.25, 0.3) is 0 Å². The van der Waals surface area contributed by atoms with Crippen molar-refractivity contribution in [3.8, 4) is 11.5 Å². The maximum atomic E-state index is 13.7. The fourth-order valence-electron chi connectivity index (χ4n) is 1.56. The van der Waals surface area contributed by atoms with Crippen molar-refractivity contribution >= 4 is 27.6 Å². The summed E-state index contributed by atoms with van der Waals surface area (Å²) >= 11 is 2.93. The number of carboxylic acid groups (broad SMARTS) is 1. The Bertz CT molecular complexity index is 737. The Hall–Kier alpha value is -2.22. The fraction of sp³-hybridized carbons (Fsp3) is 0. The number of nitrogen functional groups attached to an aromatic ring is 1. The van der Waals surface area contributed by atoms with Crippen molar-refractivity contribution in [1.82, 2.24) is 0 Å². The maximum absolute atomic E-state index is 13.7. The number of aromatic carboxylic acids is 1. The molecule has 3 N–H and O–H groups in total. The predicted octanol–water partition coefficient (Wildman–Crippen LogP) is 3.94. The fourth-order valence-corrected chi connectivity index (χ4v) is 1.97. The third-order valence-corrected chi connectivity index (χ3v) is 2.97. The second-order valence-corrected chi connectivity index (χ2v) is 4.89. The summed E-state index contributed by atoms with van der Waals surface area (Å²) < 4.78 is 45.5. The van der Waals surface area contributed by atoms with Gasteiger partial charge in [0.2, 0.25) is 5.82 Å². The topological polar surface area (TPSA) is 72.5 Å².